The van der Waals surface area contributed by atoms with E-state index in [4.69, 9.17) is 19.7 Å². The van der Waals surface area contributed by atoms with Gasteiger partial charge >= 0.3 is 11.9 Å². The van der Waals surface area contributed by atoms with Crippen molar-refractivity contribution in [2.24, 2.45) is 0 Å². The number of rotatable bonds is 3. The number of carboxylic acid groups (broad SMARTS) is 2. The minimum atomic E-state index is -0.943. The van der Waals surface area contributed by atoms with E-state index in [1.165, 1.54) is 0 Å². The maximum absolute atomic E-state index is 11.8. The standard InChI is InChI=1S/C12H17NO4.2C2H6.CH2O2.CH4/c1-7-5-8(6-9(14)15)13-10(7)11(16)17-12(2,3)4;2*1-2;2-1-3;/h5,13H,6H2,1-4H3,(H,14,15);2*1-2H3;1H,(H,2,3);1H4. The molecule has 0 saturated heterocycles. The number of hydrogen-bond acceptors (Lipinski definition) is 4. The van der Waals surface area contributed by atoms with Crippen molar-refractivity contribution >= 4 is 18.4 Å². The molecule has 0 saturated carbocycles. The van der Waals surface area contributed by atoms with Gasteiger partial charge in [0.2, 0.25) is 0 Å². The Labute approximate surface area is 151 Å². The first-order valence-corrected chi connectivity index (χ1v) is 7.82. The van der Waals surface area contributed by atoms with Gasteiger partial charge in [-0.3, -0.25) is 9.59 Å². The van der Waals surface area contributed by atoms with Gasteiger partial charge in [0.1, 0.15) is 11.3 Å². The zero-order valence-electron chi connectivity index (χ0n) is 15.9. The monoisotopic (exact) mass is 361 g/mol. The normalized spacial score (nSPS) is 8.64. The first kappa shape index (κ1) is 30.6. The van der Waals surface area contributed by atoms with E-state index in [1.807, 2.05) is 27.7 Å². The Morgan fingerprint density at radius 3 is 1.92 bits per heavy atom. The molecule has 0 unspecified atom stereocenters. The van der Waals surface area contributed by atoms with Crippen LogP contribution in [0.1, 0.15) is 77.6 Å². The molecule has 0 atom stereocenters. The number of aromatic nitrogens is 1. The molecule has 0 aliphatic rings. The molecule has 0 aromatic carbocycles. The largest absolute Gasteiger partial charge is 0.483 e. The van der Waals surface area contributed by atoms with Crippen LogP contribution >= 0.6 is 0 Å². The van der Waals surface area contributed by atoms with E-state index in [2.05, 4.69) is 4.98 Å². The minimum Gasteiger partial charge on any atom is -0.483 e. The summed E-state index contributed by atoms with van der Waals surface area (Å²) in [5.74, 6) is -1.41. The second-order valence-corrected chi connectivity index (χ2v) is 5.03. The lowest BCUT2D eigenvalue weighted by Gasteiger charge is -2.19. The van der Waals surface area contributed by atoms with Crippen molar-refractivity contribution in [3.8, 4) is 0 Å². The van der Waals surface area contributed by atoms with Crippen LogP contribution in [0.5, 0.6) is 0 Å². The van der Waals surface area contributed by atoms with Crippen molar-refractivity contribution in [3.63, 3.8) is 0 Å². The molecule has 7 nitrogen and oxygen atoms in total. The average molecular weight is 361 g/mol. The maximum Gasteiger partial charge on any atom is 0.355 e. The van der Waals surface area contributed by atoms with E-state index in [9.17, 15) is 9.59 Å². The van der Waals surface area contributed by atoms with Crippen LogP contribution in [-0.4, -0.2) is 39.2 Å². The Balaban J connectivity index is -0.000000242. The summed E-state index contributed by atoms with van der Waals surface area (Å²) in [6.45, 7) is 14.8. The van der Waals surface area contributed by atoms with E-state index < -0.39 is 17.5 Å². The number of carboxylic acids is 1. The number of H-pyrrole nitrogens is 1. The van der Waals surface area contributed by atoms with Crippen LogP contribution in [0.25, 0.3) is 0 Å². The molecular weight excluding hydrogens is 326 g/mol. The highest BCUT2D eigenvalue weighted by Crippen LogP contribution is 2.16. The third-order valence-electron chi connectivity index (χ3n) is 2.02. The Bertz CT molecular complexity index is 486. The number of aryl methyl sites for hydroxylation is 1. The molecule has 0 aliphatic heterocycles. The number of carbonyl (C=O) groups excluding carboxylic acids is 1. The number of ether oxygens (including phenoxy) is 1. The predicted octanol–water partition coefficient (Wildman–Crippen LogP) is 4.29. The number of aliphatic carboxylic acids is 1. The smallest absolute Gasteiger partial charge is 0.355 e. The van der Waals surface area contributed by atoms with Crippen molar-refractivity contribution in [3.05, 3.63) is 23.0 Å². The fourth-order valence-electron chi connectivity index (χ4n) is 1.43. The van der Waals surface area contributed by atoms with Crippen molar-refractivity contribution < 1.29 is 29.3 Å². The first-order valence-electron chi connectivity index (χ1n) is 7.82. The molecule has 1 rings (SSSR count). The summed E-state index contributed by atoms with van der Waals surface area (Å²) in [7, 11) is 0. The third kappa shape index (κ3) is 16.3. The van der Waals surface area contributed by atoms with Gasteiger partial charge in [-0.05, 0) is 39.3 Å². The summed E-state index contributed by atoms with van der Waals surface area (Å²) in [6, 6.07) is 1.65. The Hall–Kier alpha value is -2.31. The Morgan fingerprint density at radius 2 is 1.60 bits per heavy atom. The third-order valence-corrected chi connectivity index (χ3v) is 2.02. The van der Waals surface area contributed by atoms with Crippen molar-refractivity contribution in [1.82, 2.24) is 4.98 Å². The van der Waals surface area contributed by atoms with Gasteiger partial charge in [0.05, 0.1) is 6.42 Å². The van der Waals surface area contributed by atoms with Crippen LogP contribution in [0.3, 0.4) is 0 Å². The number of aromatic amines is 1. The summed E-state index contributed by atoms with van der Waals surface area (Å²) in [4.78, 5) is 33.5. The minimum absolute atomic E-state index is 0. The Morgan fingerprint density at radius 1 is 1.20 bits per heavy atom. The molecule has 0 radical (unpaired) electrons. The highest BCUT2D eigenvalue weighted by molar-refractivity contribution is 5.89. The fraction of sp³-hybridized carbons (Fsp3) is 0.611. The van der Waals surface area contributed by atoms with Crippen molar-refractivity contribution in [2.75, 3.05) is 0 Å². The molecule has 0 fully saturated rings. The van der Waals surface area contributed by atoms with E-state index in [0.29, 0.717) is 17.0 Å². The predicted molar refractivity (Wildman–Crippen MR) is 100 cm³/mol. The average Bonchev–Trinajstić information content (AvgIpc) is 2.82. The van der Waals surface area contributed by atoms with E-state index >= 15 is 0 Å². The van der Waals surface area contributed by atoms with Crippen LogP contribution in [0.15, 0.2) is 6.07 Å². The van der Waals surface area contributed by atoms with Gasteiger partial charge < -0.3 is 19.9 Å². The molecule has 0 bridgehead atoms. The Kier molecular flexibility index (Phi) is 20.2. The van der Waals surface area contributed by atoms with Crippen LogP contribution in [0, 0.1) is 6.92 Å². The van der Waals surface area contributed by atoms with Crippen molar-refractivity contribution in [2.45, 2.75) is 74.8 Å². The molecule has 1 heterocycles. The van der Waals surface area contributed by atoms with E-state index in [0.717, 1.165) is 0 Å². The summed E-state index contributed by atoms with van der Waals surface area (Å²) in [5, 5.41) is 15.5. The molecular formula is C18H35NO6. The number of nitrogens with one attached hydrogen (secondary N) is 1. The summed E-state index contributed by atoms with van der Waals surface area (Å²) >= 11 is 0. The summed E-state index contributed by atoms with van der Waals surface area (Å²) in [5.41, 5.74) is 0.934. The number of carbonyl (C=O) groups is 3. The van der Waals surface area contributed by atoms with Crippen LogP contribution in [0.4, 0.5) is 0 Å². The van der Waals surface area contributed by atoms with Gasteiger partial charge in [-0.25, -0.2) is 4.79 Å². The van der Waals surface area contributed by atoms with E-state index in [-0.39, 0.29) is 20.3 Å². The SMILES string of the molecule is C.CC.CC.Cc1cc(CC(=O)O)[nH]c1C(=O)OC(C)(C)C.O=CO. The van der Waals surface area contributed by atoms with Gasteiger partial charge in [-0.1, -0.05) is 35.1 Å². The van der Waals surface area contributed by atoms with Gasteiger partial charge in [-0.15, -0.1) is 0 Å². The molecule has 0 amide bonds. The van der Waals surface area contributed by atoms with Gasteiger partial charge in [0, 0.05) is 5.69 Å². The molecule has 7 heteroatoms. The number of hydrogen-bond donors (Lipinski definition) is 3. The molecule has 25 heavy (non-hydrogen) atoms. The number of esters is 1. The lowest BCUT2D eigenvalue weighted by atomic mass is 10.2. The zero-order valence-corrected chi connectivity index (χ0v) is 15.9. The summed E-state index contributed by atoms with van der Waals surface area (Å²) < 4.78 is 5.21. The maximum atomic E-state index is 11.8. The quantitative estimate of drug-likeness (QED) is 0.546. The highest BCUT2D eigenvalue weighted by Gasteiger charge is 2.21. The molecule has 1 aromatic heterocycles. The second-order valence-electron chi connectivity index (χ2n) is 5.03. The van der Waals surface area contributed by atoms with Crippen molar-refractivity contribution in [1.29, 1.82) is 0 Å². The second kappa shape index (κ2) is 16.5. The van der Waals surface area contributed by atoms with Gasteiger partial charge in [0.15, 0.2) is 0 Å². The lowest BCUT2D eigenvalue weighted by molar-refractivity contribution is -0.136. The zero-order chi connectivity index (χ0) is 19.9. The molecule has 1 aromatic rings. The summed E-state index contributed by atoms with van der Waals surface area (Å²) in [6.07, 6.45) is -0.135. The van der Waals surface area contributed by atoms with Crippen LogP contribution in [-0.2, 0) is 20.7 Å². The molecule has 0 aliphatic carbocycles. The topological polar surface area (TPSA) is 117 Å². The van der Waals surface area contributed by atoms with Crippen LogP contribution in [0.2, 0.25) is 0 Å². The lowest BCUT2D eigenvalue weighted by Crippen LogP contribution is -2.24. The molecule has 148 valence electrons. The fourth-order valence-corrected chi connectivity index (χ4v) is 1.43. The molecule has 0 spiro atoms. The van der Waals surface area contributed by atoms with Crippen LogP contribution < -0.4 is 0 Å². The van der Waals surface area contributed by atoms with Gasteiger partial charge in [0.25, 0.3) is 6.47 Å². The first-order chi connectivity index (χ1) is 11.1. The molecule has 3 N–H and O–H groups in total. The highest BCUT2D eigenvalue weighted by atomic mass is 16.6. The van der Waals surface area contributed by atoms with E-state index in [1.54, 1.807) is 33.8 Å². The van der Waals surface area contributed by atoms with Gasteiger partial charge in [-0.2, -0.15) is 0 Å².